The van der Waals surface area contributed by atoms with Crippen LogP contribution in [0.3, 0.4) is 0 Å². The maximum absolute atomic E-state index is 11.7. The molecule has 0 spiro atoms. The van der Waals surface area contributed by atoms with Gasteiger partial charge >= 0.3 is 0 Å². The molecule has 1 N–H and O–H groups in total. The average Bonchev–Trinajstić information content (AvgIpc) is 2.36. The molecule has 1 rings (SSSR count). The molecule has 0 saturated heterocycles. The van der Waals surface area contributed by atoms with Crippen LogP contribution in [0.15, 0.2) is 30.3 Å². The fourth-order valence-corrected chi connectivity index (χ4v) is 1.78. The van der Waals surface area contributed by atoms with E-state index in [4.69, 9.17) is 5.26 Å². The van der Waals surface area contributed by atoms with E-state index < -0.39 is 6.04 Å². The van der Waals surface area contributed by atoms with Crippen LogP contribution < -0.4 is 5.32 Å². The lowest BCUT2D eigenvalue weighted by atomic mass is 9.93. The highest BCUT2D eigenvalue weighted by molar-refractivity contribution is 5.77. The zero-order valence-electron chi connectivity index (χ0n) is 10.3. The highest BCUT2D eigenvalue weighted by Crippen LogP contribution is 2.22. The lowest BCUT2D eigenvalue weighted by Gasteiger charge is -2.15. The summed E-state index contributed by atoms with van der Waals surface area (Å²) in [5.41, 5.74) is 1.18. The fraction of sp³-hybridized carbons (Fsp3) is 0.429. The van der Waals surface area contributed by atoms with E-state index in [1.54, 1.807) is 6.92 Å². The number of hydrogen-bond acceptors (Lipinski definition) is 2. The predicted molar refractivity (Wildman–Crippen MR) is 67.3 cm³/mol. The Labute approximate surface area is 102 Å². The smallest absolute Gasteiger partial charge is 0.221 e. The summed E-state index contributed by atoms with van der Waals surface area (Å²) in [4.78, 5) is 11.7. The van der Waals surface area contributed by atoms with Crippen molar-refractivity contribution in [2.75, 3.05) is 0 Å². The van der Waals surface area contributed by atoms with Crippen molar-refractivity contribution in [1.29, 1.82) is 5.26 Å². The van der Waals surface area contributed by atoms with E-state index in [-0.39, 0.29) is 11.8 Å². The molecule has 17 heavy (non-hydrogen) atoms. The molecule has 0 radical (unpaired) electrons. The highest BCUT2D eigenvalue weighted by Gasteiger charge is 2.15. The first-order chi connectivity index (χ1) is 8.17. The topological polar surface area (TPSA) is 52.9 Å². The summed E-state index contributed by atoms with van der Waals surface area (Å²) in [6.07, 6.45) is 1.35. The fourth-order valence-electron chi connectivity index (χ4n) is 1.78. The van der Waals surface area contributed by atoms with Crippen LogP contribution in [0.25, 0.3) is 0 Å². The predicted octanol–water partition coefficient (Wildman–Crippen LogP) is 2.60. The van der Waals surface area contributed by atoms with Crippen molar-refractivity contribution < 1.29 is 4.79 Å². The first-order valence-corrected chi connectivity index (χ1v) is 5.91. The normalized spacial score (nSPS) is 13.5. The number of carbonyl (C=O) groups is 1. The Kier molecular flexibility index (Phi) is 5.22. The third-order valence-corrected chi connectivity index (χ3v) is 2.77. The number of benzene rings is 1. The standard InChI is InChI=1S/C14H18N2O/c1-3-12(13-7-5-4-6-8-13)9-14(17)16-11(2)10-15/h4-8,11-12H,3,9H2,1-2H3,(H,16,17)/t11-,12+/m1/s1. The maximum Gasteiger partial charge on any atom is 0.221 e. The van der Waals surface area contributed by atoms with E-state index in [1.807, 2.05) is 36.4 Å². The van der Waals surface area contributed by atoms with Gasteiger partial charge in [-0.3, -0.25) is 4.79 Å². The molecule has 0 saturated carbocycles. The number of nitrogens with one attached hydrogen (secondary N) is 1. The minimum absolute atomic E-state index is 0.0604. The number of rotatable bonds is 5. The second-order valence-corrected chi connectivity index (χ2v) is 4.14. The second kappa shape index (κ2) is 6.70. The SMILES string of the molecule is CC[C@@H](CC(=O)N[C@H](C)C#N)c1ccccc1. The lowest BCUT2D eigenvalue weighted by molar-refractivity contribution is -0.121. The van der Waals surface area contributed by atoms with Gasteiger partial charge in [-0.2, -0.15) is 5.26 Å². The maximum atomic E-state index is 11.7. The van der Waals surface area contributed by atoms with E-state index >= 15 is 0 Å². The van der Waals surface area contributed by atoms with Gasteiger partial charge < -0.3 is 5.32 Å². The van der Waals surface area contributed by atoms with Gasteiger partial charge in [0.15, 0.2) is 0 Å². The Morgan fingerprint density at radius 2 is 2.06 bits per heavy atom. The number of carbonyl (C=O) groups excluding carboxylic acids is 1. The van der Waals surface area contributed by atoms with Gasteiger partial charge in [-0.05, 0) is 24.8 Å². The molecule has 2 atom stereocenters. The Morgan fingerprint density at radius 1 is 1.41 bits per heavy atom. The summed E-state index contributed by atoms with van der Waals surface area (Å²) >= 11 is 0. The summed E-state index contributed by atoms with van der Waals surface area (Å²) < 4.78 is 0. The summed E-state index contributed by atoms with van der Waals surface area (Å²) in [5.74, 6) is 0.164. The number of nitrogens with zero attached hydrogens (tertiary/aromatic N) is 1. The molecule has 0 aliphatic rings. The van der Waals surface area contributed by atoms with Crippen LogP contribution in [0, 0.1) is 11.3 Å². The third kappa shape index (κ3) is 4.28. The minimum atomic E-state index is -0.421. The van der Waals surface area contributed by atoms with Crippen molar-refractivity contribution in [2.24, 2.45) is 0 Å². The van der Waals surface area contributed by atoms with Crippen molar-refractivity contribution >= 4 is 5.91 Å². The first kappa shape index (κ1) is 13.2. The van der Waals surface area contributed by atoms with Gasteiger partial charge in [0, 0.05) is 6.42 Å². The summed E-state index contributed by atoms with van der Waals surface area (Å²) in [7, 11) is 0. The Balaban J connectivity index is 2.60. The number of nitriles is 1. The molecule has 90 valence electrons. The molecule has 3 heteroatoms. The summed E-state index contributed by atoms with van der Waals surface area (Å²) in [5, 5.41) is 11.3. The molecule has 0 unspecified atom stereocenters. The Morgan fingerprint density at radius 3 is 2.59 bits per heavy atom. The molecule has 0 bridgehead atoms. The van der Waals surface area contributed by atoms with Crippen molar-refractivity contribution in [1.82, 2.24) is 5.32 Å². The van der Waals surface area contributed by atoms with E-state index in [2.05, 4.69) is 12.2 Å². The molecule has 0 aliphatic carbocycles. The molecular weight excluding hydrogens is 212 g/mol. The number of hydrogen-bond donors (Lipinski definition) is 1. The van der Waals surface area contributed by atoms with Gasteiger partial charge in [0.05, 0.1) is 6.07 Å². The van der Waals surface area contributed by atoms with E-state index in [1.165, 1.54) is 5.56 Å². The van der Waals surface area contributed by atoms with Gasteiger partial charge in [0.25, 0.3) is 0 Å². The van der Waals surface area contributed by atoms with Crippen LogP contribution in [-0.2, 0) is 4.79 Å². The van der Waals surface area contributed by atoms with Crippen molar-refractivity contribution in [3.63, 3.8) is 0 Å². The highest BCUT2D eigenvalue weighted by atomic mass is 16.1. The van der Waals surface area contributed by atoms with Crippen LogP contribution in [0.5, 0.6) is 0 Å². The molecule has 0 aliphatic heterocycles. The minimum Gasteiger partial charge on any atom is -0.341 e. The molecular formula is C14H18N2O. The third-order valence-electron chi connectivity index (χ3n) is 2.77. The Bertz CT molecular complexity index is 394. The van der Waals surface area contributed by atoms with E-state index in [9.17, 15) is 4.79 Å². The molecule has 0 heterocycles. The van der Waals surface area contributed by atoms with Gasteiger partial charge in [0.2, 0.25) is 5.91 Å². The van der Waals surface area contributed by atoms with Gasteiger partial charge in [-0.1, -0.05) is 37.3 Å². The van der Waals surface area contributed by atoms with Crippen LogP contribution >= 0.6 is 0 Å². The summed E-state index contributed by atoms with van der Waals surface area (Å²) in [6, 6.07) is 11.6. The molecule has 1 aromatic carbocycles. The van der Waals surface area contributed by atoms with Crippen LogP contribution in [-0.4, -0.2) is 11.9 Å². The van der Waals surface area contributed by atoms with E-state index in [0.29, 0.717) is 6.42 Å². The van der Waals surface area contributed by atoms with Gasteiger partial charge in [-0.15, -0.1) is 0 Å². The number of amides is 1. The molecule has 1 aromatic rings. The second-order valence-electron chi connectivity index (χ2n) is 4.14. The average molecular weight is 230 g/mol. The zero-order valence-corrected chi connectivity index (χ0v) is 10.3. The molecule has 3 nitrogen and oxygen atoms in total. The summed E-state index contributed by atoms with van der Waals surface area (Å²) in [6.45, 7) is 3.75. The monoisotopic (exact) mass is 230 g/mol. The van der Waals surface area contributed by atoms with Crippen LogP contribution in [0.4, 0.5) is 0 Å². The van der Waals surface area contributed by atoms with Crippen LogP contribution in [0.1, 0.15) is 38.2 Å². The largest absolute Gasteiger partial charge is 0.341 e. The van der Waals surface area contributed by atoms with E-state index in [0.717, 1.165) is 6.42 Å². The van der Waals surface area contributed by atoms with Gasteiger partial charge in [-0.25, -0.2) is 0 Å². The first-order valence-electron chi connectivity index (χ1n) is 5.91. The Hall–Kier alpha value is -1.82. The molecule has 0 fully saturated rings. The van der Waals surface area contributed by atoms with Crippen molar-refractivity contribution in [2.45, 2.75) is 38.6 Å². The zero-order chi connectivity index (χ0) is 12.7. The van der Waals surface area contributed by atoms with Gasteiger partial charge in [0.1, 0.15) is 6.04 Å². The quantitative estimate of drug-likeness (QED) is 0.845. The van der Waals surface area contributed by atoms with Crippen molar-refractivity contribution in [3.05, 3.63) is 35.9 Å². The molecule has 1 amide bonds. The van der Waals surface area contributed by atoms with Crippen LogP contribution in [0.2, 0.25) is 0 Å². The lowest BCUT2D eigenvalue weighted by Crippen LogP contribution is -2.32. The molecule has 0 aromatic heterocycles. The van der Waals surface area contributed by atoms with Crippen molar-refractivity contribution in [3.8, 4) is 6.07 Å².